The first-order chi connectivity index (χ1) is 5.70. The lowest BCUT2D eigenvalue weighted by molar-refractivity contribution is -0.123. The maximum atomic E-state index is 10.6. The molecule has 1 aliphatic heterocycles. The maximum Gasteiger partial charge on any atom is 0.234 e. The van der Waals surface area contributed by atoms with Crippen LogP contribution < -0.4 is 11.5 Å². The topological polar surface area (TPSA) is 87.6 Å². The fraction of sp³-hybridized carbons (Fsp3) is 0.857. The van der Waals surface area contributed by atoms with E-state index in [0.717, 1.165) is 0 Å². The molecule has 1 heterocycles. The molecule has 12 heavy (non-hydrogen) atoms. The van der Waals surface area contributed by atoms with Crippen molar-refractivity contribution in [3.05, 3.63) is 0 Å². The van der Waals surface area contributed by atoms with Gasteiger partial charge in [0.05, 0.1) is 32.0 Å². The van der Waals surface area contributed by atoms with Crippen molar-refractivity contribution in [2.24, 2.45) is 11.5 Å². The summed E-state index contributed by atoms with van der Waals surface area (Å²) < 4.78 is 10.4. The lowest BCUT2D eigenvalue weighted by Crippen LogP contribution is -2.42. The average Bonchev–Trinajstić information content (AvgIpc) is 2.06. The van der Waals surface area contributed by atoms with Gasteiger partial charge in [0.25, 0.3) is 0 Å². The number of primary amides is 1. The van der Waals surface area contributed by atoms with Gasteiger partial charge >= 0.3 is 0 Å². The highest BCUT2D eigenvalue weighted by molar-refractivity contribution is 5.79. The second kappa shape index (κ2) is 4.39. The number of ether oxygens (including phenoxy) is 2. The van der Waals surface area contributed by atoms with Gasteiger partial charge in [0, 0.05) is 0 Å². The minimum atomic E-state index is -0.628. The maximum absolute atomic E-state index is 10.6. The second-order valence-electron chi connectivity index (χ2n) is 2.81. The number of rotatable bonds is 3. The van der Waals surface area contributed by atoms with Crippen molar-refractivity contribution in [1.29, 1.82) is 0 Å². The molecule has 1 amide bonds. The molecule has 4 N–H and O–H groups in total. The van der Waals surface area contributed by atoms with Gasteiger partial charge in [-0.1, -0.05) is 0 Å². The standard InChI is InChI=1S/C7H14N2O3/c8-6(7(9)10)3-5-4-11-1-2-12-5/h5-6H,1-4,8H2,(H2,9,10). The number of hydrogen-bond acceptors (Lipinski definition) is 4. The fourth-order valence-corrected chi connectivity index (χ4v) is 1.07. The van der Waals surface area contributed by atoms with E-state index in [1.165, 1.54) is 0 Å². The number of carbonyl (C=O) groups is 1. The molecule has 1 fully saturated rings. The summed E-state index contributed by atoms with van der Waals surface area (Å²) in [5.41, 5.74) is 10.4. The minimum Gasteiger partial charge on any atom is -0.376 e. The van der Waals surface area contributed by atoms with Crippen LogP contribution in [0.1, 0.15) is 6.42 Å². The van der Waals surface area contributed by atoms with Crippen LogP contribution in [0.25, 0.3) is 0 Å². The zero-order valence-corrected chi connectivity index (χ0v) is 6.86. The van der Waals surface area contributed by atoms with E-state index >= 15 is 0 Å². The van der Waals surface area contributed by atoms with Crippen molar-refractivity contribution in [3.8, 4) is 0 Å². The Labute approximate surface area is 71.0 Å². The Morgan fingerprint density at radius 1 is 1.58 bits per heavy atom. The van der Waals surface area contributed by atoms with Gasteiger partial charge in [-0.15, -0.1) is 0 Å². The predicted octanol–water partition coefficient (Wildman–Crippen LogP) is -1.40. The summed E-state index contributed by atoms with van der Waals surface area (Å²) in [6, 6.07) is -0.628. The van der Waals surface area contributed by atoms with Crippen LogP contribution in [0, 0.1) is 0 Å². The van der Waals surface area contributed by atoms with Crippen LogP contribution in [0.4, 0.5) is 0 Å². The molecule has 1 aliphatic rings. The zero-order valence-electron chi connectivity index (χ0n) is 6.86. The number of hydrogen-bond donors (Lipinski definition) is 2. The second-order valence-corrected chi connectivity index (χ2v) is 2.81. The Morgan fingerprint density at radius 3 is 2.83 bits per heavy atom. The summed E-state index contributed by atoms with van der Waals surface area (Å²) in [5, 5.41) is 0. The van der Waals surface area contributed by atoms with E-state index in [-0.39, 0.29) is 6.10 Å². The summed E-state index contributed by atoms with van der Waals surface area (Å²) in [7, 11) is 0. The van der Waals surface area contributed by atoms with Crippen LogP contribution in [0.3, 0.4) is 0 Å². The molecular formula is C7H14N2O3. The van der Waals surface area contributed by atoms with Crippen molar-refractivity contribution < 1.29 is 14.3 Å². The summed E-state index contributed by atoms with van der Waals surface area (Å²) in [4.78, 5) is 10.6. The smallest absolute Gasteiger partial charge is 0.234 e. The molecule has 0 aliphatic carbocycles. The molecule has 0 aromatic heterocycles. The van der Waals surface area contributed by atoms with E-state index in [4.69, 9.17) is 20.9 Å². The third kappa shape index (κ3) is 2.77. The van der Waals surface area contributed by atoms with E-state index in [0.29, 0.717) is 26.2 Å². The normalized spacial score (nSPS) is 26.6. The zero-order chi connectivity index (χ0) is 8.97. The quantitative estimate of drug-likeness (QED) is 0.551. The lowest BCUT2D eigenvalue weighted by Gasteiger charge is -2.24. The SMILES string of the molecule is NC(=O)C(N)CC1COCCO1. The first-order valence-electron chi connectivity index (χ1n) is 3.94. The van der Waals surface area contributed by atoms with Gasteiger partial charge < -0.3 is 20.9 Å². The molecule has 5 nitrogen and oxygen atoms in total. The van der Waals surface area contributed by atoms with Crippen molar-refractivity contribution in [2.75, 3.05) is 19.8 Å². The molecule has 1 rings (SSSR count). The largest absolute Gasteiger partial charge is 0.376 e. The third-order valence-electron chi connectivity index (χ3n) is 1.77. The predicted molar refractivity (Wildman–Crippen MR) is 42.3 cm³/mol. The summed E-state index contributed by atoms with van der Waals surface area (Å²) >= 11 is 0. The number of amides is 1. The van der Waals surface area contributed by atoms with E-state index in [2.05, 4.69) is 0 Å². The number of nitrogens with two attached hydrogens (primary N) is 2. The first kappa shape index (κ1) is 9.44. The molecule has 5 heteroatoms. The molecule has 0 spiro atoms. The molecule has 2 unspecified atom stereocenters. The molecule has 0 saturated carbocycles. The van der Waals surface area contributed by atoms with Crippen molar-refractivity contribution in [3.63, 3.8) is 0 Å². The summed E-state index contributed by atoms with van der Waals surface area (Å²) in [6.45, 7) is 1.68. The van der Waals surface area contributed by atoms with Gasteiger partial charge in [0.1, 0.15) is 0 Å². The molecule has 0 aromatic rings. The highest BCUT2D eigenvalue weighted by Gasteiger charge is 2.20. The highest BCUT2D eigenvalue weighted by Crippen LogP contribution is 2.06. The minimum absolute atomic E-state index is 0.0822. The molecular weight excluding hydrogens is 160 g/mol. The molecule has 0 radical (unpaired) electrons. The van der Waals surface area contributed by atoms with Gasteiger partial charge in [0.15, 0.2) is 0 Å². The lowest BCUT2D eigenvalue weighted by atomic mass is 10.1. The Kier molecular flexibility index (Phi) is 3.46. The van der Waals surface area contributed by atoms with E-state index in [1.54, 1.807) is 0 Å². The highest BCUT2D eigenvalue weighted by atomic mass is 16.6. The Hall–Kier alpha value is -0.650. The fourth-order valence-electron chi connectivity index (χ4n) is 1.07. The van der Waals surface area contributed by atoms with Crippen LogP contribution in [-0.4, -0.2) is 37.9 Å². The van der Waals surface area contributed by atoms with E-state index < -0.39 is 11.9 Å². The van der Waals surface area contributed by atoms with E-state index in [9.17, 15) is 4.79 Å². The summed E-state index contributed by atoms with van der Waals surface area (Å²) in [5.74, 6) is -0.496. The average molecular weight is 174 g/mol. The van der Waals surface area contributed by atoms with Gasteiger partial charge in [-0.3, -0.25) is 4.79 Å². The van der Waals surface area contributed by atoms with Crippen molar-refractivity contribution in [1.82, 2.24) is 0 Å². The molecule has 2 atom stereocenters. The van der Waals surface area contributed by atoms with Gasteiger partial charge in [0.2, 0.25) is 5.91 Å². The number of carbonyl (C=O) groups excluding carboxylic acids is 1. The van der Waals surface area contributed by atoms with Crippen molar-refractivity contribution in [2.45, 2.75) is 18.6 Å². The van der Waals surface area contributed by atoms with Crippen LogP contribution in [-0.2, 0) is 14.3 Å². The third-order valence-corrected chi connectivity index (χ3v) is 1.77. The van der Waals surface area contributed by atoms with Crippen LogP contribution in [0.2, 0.25) is 0 Å². The molecule has 0 bridgehead atoms. The van der Waals surface area contributed by atoms with Crippen LogP contribution in [0.15, 0.2) is 0 Å². The Bertz CT molecular complexity index is 157. The van der Waals surface area contributed by atoms with E-state index in [1.807, 2.05) is 0 Å². The monoisotopic (exact) mass is 174 g/mol. The van der Waals surface area contributed by atoms with Gasteiger partial charge in [-0.05, 0) is 6.42 Å². The molecule has 70 valence electrons. The first-order valence-corrected chi connectivity index (χ1v) is 3.94. The molecule has 1 saturated heterocycles. The molecule has 0 aromatic carbocycles. The van der Waals surface area contributed by atoms with Crippen LogP contribution >= 0.6 is 0 Å². The Balaban J connectivity index is 2.24. The van der Waals surface area contributed by atoms with Gasteiger partial charge in [-0.25, -0.2) is 0 Å². The summed E-state index contributed by atoms with van der Waals surface area (Å²) in [6.07, 6.45) is 0.358. The van der Waals surface area contributed by atoms with Crippen LogP contribution in [0.5, 0.6) is 0 Å². The van der Waals surface area contributed by atoms with Crippen molar-refractivity contribution >= 4 is 5.91 Å². The Morgan fingerprint density at radius 2 is 2.33 bits per heavy atom. The van der Waals surface area contributed by atoms with Gasteiger partial charge in [-0.2, -0.15) is 0 Å².